The van der Waals surface area contributed by atoms with Crippen LogP contribution >= 0.6 is 22.2 Å². The van der Waals surface area contributed by atoms with E-state index < -0.39 is 40.5 Å². The van der Waals surface area contributed by atoms with E-state index in [1.54, 1.807) is 0 Å². The van der Waals surface area contributed by atoms with Crippen LogP contribution in [0.2, 0.25) is 54.4 Å². The molecule has 0 radical (unpaired) electrons. The average molecular weight is 823 g/mol. The minimum atomic E-state index is -2.92. The van der Waals surface area contributed by atoms with Crippen molar-refractivity contribution in [1.29, 1.82) is 0 Å². The van der Waals surface area contributed by atoms with Gasteiger partial charge in [-0.1, -0.05) is 176 Å². The molecule has 0 amide bonds. The Morgan fingerprint density at radius 1 is 0.577 bits per heavy atom. The summed E-state index contributed by atoms with van der Waals surface area (Å²) in [7, 11) is -11.7. The minimum Gasteiger partial charge on any atom is -0.455 e. The Morgan fingerprint density at radius 2 is 0.904 bits per heavy atom. The van der Waals surface area contributed by atoms with Gasteiger partial charge in [-0.3, -0.25) is 0 Å². The van der Waals surface area contributed by atoms with Gasteiger partial charge >= 0.3 is 0 Å². The Balaban J connectivity index is 2.18. The highest BCUT2D eigenvalue weighted by Gasteiger charge is 2.65. The predicted molar refractivity (Wildman–Crippen MR) is 245 cm³/mol. The van der Waals surface area contributed by atoms with Gasteiger partial charge in [0.05, 0.1) is 0 Å². The third kappa shape index (κ3) is 9.28. The van der Waals surface area contributed by atoms with Crippen LogP contribution in [0.5, 0.6) is 0 Å². The third-order valence-corrected chi connectivity index (χ3v) is 33.8. The van der Waals surface area contributed by atoms with Gasteiger partial charge in [-0.2, -0.15) is 22.2 Å². The van der Waals surface area contributed by atoms with E-state index in [9.17, 15) is 0 Å². The first-order chi connectivity index (χ1) is 24.3. The van der Waals surface area contributed by atoms with Gasteiger partial charge in [0.25, 0.3) is 0 Å². The van der Waals surface area contributed by atoms with Crippen molar-refractivity contribution in [2.24, 2.45) is 0 Å². The maximum Gasteiger partial charge on any atom is 0.237 e. The quantitative estimate of drug-likeness (QED) is 0.0825. The summed E-state index contributed by atoms with van der Waals surface area (Å²) in [6, 6.07) is 50.1. The summed E-state index contributed by atoms with van der Waals surface area (Å²) >= 11 is 12.6. The number of hydrogen-bond acceptors (Lipinski definition) is 2. The number of halogens is 2. The molecule has 4 aromatic rings. The smallest absolute Gasteiger partial charge is 0.237 e. The fraction of sp³-hybridized carbons (Fsp3) is 0.442. The monoisotopic (exact) mass is 821 g/mol. The highest BCUT2D eigenvalue weighted by Crippen LogP contribution is 2.49. The minimum absolute atomic E-state index is 0.0830. The Bertz CT molecular complexity index is 1480. The molecule has 0 aromatic heterocycles. The normalized spacial score (nSPS) is 14.2. The molecule has 52 heavy (non-hydrogen) atoms. The molecule has 2 nitrogen and oxygen atoms in total. The lowest BCUT2D eigenvalue weighted by Gasteiger charge is -2.64. The maximum atomic E-state index is 7.52. The molecule has 282 valence electrons. The molecule has 0 bridgehead atoms. The van der Waals surface area contributed by atoms with Crippen LogP contribution in [0.3, 0.4) is 0 Å². The van der Waals surface area contributed by atoms with E-state index in [1.165, 1.54) is 20.7 Å². The summed E-state index contributed by atoms with van der Waals surface area (Å²) < 4.78 is 10.8. The molecule has 0 aliphatic rings. The molecule has 0 N–H and O–H groups in total. The first-order valence-corrected chi connectivity index (χ1v) is 33.8. The van der Waals surface area contributed by atoms with Gasteiger partial charge in [0, 0.05) is 0 Å². The SMILES string of the molecule is CCC(C[Si](C)(C)O[Si](C)(C)CCC[SiH](Cl)Cl)N([Si](c1ccccc1)(c1ccccc1)C(C)(C)C)[Si](c1ccccc1)(c1ccccc1)C(C)(C)C. The van der Waals surface area contributed by atoms with E-state index >= 15 is 0 Å². The second-order valence-corrected chi connectivity index (χ2v) is 41.4. The largest absolute Gasteiger partial charge is 0.455 e. The molecule has 1 atom stereocenters. The van der Waals surface area contributed by atoms with Gasteiger partial charge in [-0.25, -0.2) is 0 Å². The molecule has 0 heterocycles. The molecular weight excluding hydrogens is 758 g/mol. The van der Waals surface area contributed by atoms with E-state index in [1.807, 2.05) is 0 Å². The Hall–Kier alpha value is -1.54. The summed E-state index contributed by atoms with van der Waals surface area (Å²) in [5.41, 5.74) is 0. The van der Waals surface area contributed by atoms with Gasteiger partial charge in [0.15, 0.2) is 33.1 Å². The van der Waals surface area contributed by atoms with Crippen LogP contribution in [0.15, 0.2) is 121 Å². The Morgan fingerprint density at radius 3 is 1.17 bits per heavy atom. The van der Waals surface area contributed by atoms with Crippen molar-refractivity contribution in [2.45, 2.75) is 122 Å². The molecule has 1 unspecified atom stereocenters. The molecule has 4 aromatic carbocycles. The molecule has 0 spiro atoms. The van der Waals surface area contributed by atoms with Crippen LogP contribution < -0.4 is 20.7 Å². The molecule has 0 aliphatic carbocycles. The Kier molecular flexibility index (Phi) is 14.5. The summed E-state index contributed by atoms with van der Waals surface area (Å²) in [4.78, 5) is 0. The highest BCUT2D eigenvalue weighted by molar-refractivity contribution is 7.33. The van der Waals surface area contributed by atoms with Crippen molar-refractivity contribution < 1.29 is 4.12 Å². The average Bonchev–Trinajstić information content (AvgIpc) is 3.07. The van der Waals surface area contributed by atoms with Crippen LogP contribution in [0.25, 0.3) is 0 Å². The predicted octanol–water partition coefficient (Wildman–Crippen LogP) is 10.7. The number of rotatable bonds is 16. The van der Waals surface area contributed by atoms with Crippen LogP contribution in [-0.4, -0.2) is 50.8 Å². The third-order valence-electron chi connectivity index (χ3n) is 11.0. The van der Waals surface area contributed by atoms with Crippen molar-refractivity contribution in [3.05, 3.63) is 121 Å². The molecule has 0 saturated carbocycles. The van der Waals surface area contributed by atoms with Crippen molar-refractivity contribution >= 4 is 83.4 Å². The molecule has 0 fully saturated rings. The maximum absolute atomic E-state index is 7.52. The first-order valence-electron chi connectivity index (χ1n) is 19.3. The topological polar surface area (TPSA) is 12.5 Å². The van der Waals surface area contributed by atoms with Gasteiger partial charge in [-0.05, 0) is 87.6 Å². The zero-order chi connectivity index (χ0) is 38.4. The van der Waals surface area contributed by atoms with E-state index in [-0.39, 0.29) is 16.1 Å². The van der Waals surface area contributed by atoms with Crippen molar-refractivity contribution in [1.82, 2.24) is 4.23 Å². The van der Waals surface area contributed by atoms with Crippen molar-refractivity contribution in [2.75, 3.05) is 0 Å². The number of hydrogen-bond donors (Lipinski definition) is 0. The highest BCUT2D eigenvalue weighted by atomic mass is 35.7. The van der Waals surface area contributed by atoms with Crippen LogP contribution in [0, 0.1) is 0 Å². The second kappa shape index (κ2) is 17.5. The molecular formula is C43H65Cl2NOSi5. The Labute approximate surface area is 332 Å². The second-order valence-electron chi connectivity index (χ2n) is 17.9. The molecule has 9 heteroatoms. The zero-order valence-corrected chi connectivity index (χ0v) is 40.5. The summed E-state index contributed by atoms with van der Waals surface area (Å²) in [5.74, 6) is 0. The summed E-state index contributed by atoms with van der Waals surface area (Å²) in [6.07, 6.45) is 2.11. The lowest BCUT2D eigenvalue weighted by Crippen LogP contribution is -2.89. The fourth-order valence-electron chi connectivity index (χ4n) is 9.37. The van der Waals surface area contributed by atoms with E-state index in [0.29, 0.717) is 0 Å². The number of nitrogens with zero attached hydrogens (tertiary/aromatic N) is 1. The van der Waals surface area contributed by atoms with Crippen molar-refractivity contribution in [3.63, 3.8) is 0 Å². The molecule has 0 saturated heterocycles. The van der Waals surface area contributed by atoms with Gasteiger partial charge < -0.3 is 8.35 Å². The first kappa shape index (κ1) is 43.2. The fourth-order valence-corrected chi connectivity index (χ4v) is 37.6. The van der Waals surface area contributed by atoms with Gasteiger partial charge in [-0.15, -0.1) is 0 Å². The number of benzene rings is 4. The standard InChI is InChI=1S/C43H65Cl2NOSi5/c1-12-37(36-50(10,11)47-49(8,9)35-25-34-48(44)45)46(51(42(2,3)4,38-26-17-13-18-27-38)39-28-19-14-20-29-39)52(43(5,6)7,40-30-21-15-22-31-40)41-32-23-16-24-33-41/h13-24,26-33,37,48H,12,25,34-36H2,1-11H3. The molecule has 4 rings (SSSR count). The van der Waals surface area contributed by atoms with E-state index in [4.69, 9.17) is 26.3 Å². The van der Waals surface area contributed by atoms with E-state index in [2.05, 4.69) is 200 Å². The summed E-state index contributed by atoms with van der Waals surface area (Å²) in [6.45, 7) is 27.5. The van der Waals surface area contributed by atoms with Crippen LogP contribution in [0.1, 0.15) is 61.3 Å². The summed E-state index contributed by atoms with van der Waals surface area (Å²) in [5, 5.41) is 5.76. The van der Waals surface area contributed by atoms with E-state index in [0.717, 1.165) is 31.0 Å². The van der Waals surface area contributed by atoms with Crippen molar-refractivity contribution in [3.8, 4) is 0 Å². The van der Waals surface area contributed by atoms with Gasteiger partial charge in [0.1, 0.15) is 0 Å². The van der Waals surface area contributed by atoms with Gasteiger partial charge in [0.2, 0.25) is 7.42 Å². The lowest BCUT2D eigenvalue weighted by atomic mass is 10.2. The lowest BCUT2D eigenvalue weighted by molar-refractivity contribution is 0.408. The van der Waals surface area contributed by atoms with Crippen LogP contribution in [-0.2, 0) is 4.12 Å². The molecule has 0 aliphatic heterocycles. The van der Waals surface area contributed by atoms with Crippen LogP contribution in [0.4, 0.5) is 0 Å². The zero-order valence-electron chi connectivity index (χ0n) is 33.8.